The van der Waals surface area contributed by atoms with Crippen LogP contribution in [0.4, 0.5) is 52.7 Å². The number of hydrogen-bond acceptors (Lipinski definition) is 3. The maximum atomic E-state index is 13.0. The fourth-order valence-corrected chi connectivity index (χ4v) is 21.1. The molecule has 1 atom stereocenters. The van der Waals surface area contributed by atoms with Crippen molar-refractivity contribution in [1.29, 1.82) is 0 Å². The molecule has 0 saturated heterocycles. The molecule has 0 heterocycles. The van der Waals surface area contributed by atoms with Gasteiger partial charge in [0.15, 0.2) is 8.32 Å². The average Bonchev–Trinajstić information content (AvgIpc) is 2.58. The van der Waals surface area contributed by atoms with E-state index in [1.165, 1.54) is 13.1 Å². The highest BCUT2D eigenvalue weighted by molar-refractivity contribution is 6.88. The molecule has 0 radical (unpaired) electrons. The first kappa shape index (κ1) is 34.9. The van der Waals surface area contributed by atoms with Crippen LogP contribution in [-0.4, -0.2) is 59.9 Å². The van der Waals surface area contributed by atoms with E-state index in [-0.39, 0.29) is 0 Å². The summed E-state index contributed by atoms with van der Waals surface area (Å²) in [5, 5.41) is 0. The Bertz CT molecular complexity index is 592. The van der Waals surface area contributed by atoms with Crippen LogP contribution in [-0.2, 0) is 12.3 Å². The second-order valence-corrected chi connectivity index (χ2v) is 21.6. The summed E-state index contributed by atoms with van der Waals surface area (Å²) in [7, 11) is -13.3. The summed E-state index contributed by atoms with van der Waals surface area (Å²) >= 11 is 0. The molecule has 0 aromatic carbocycles. The van der Waals surface area contributed by atoms with Crippen LogP contribution in [0, 0.1) is 0 Å². The monoisotopic (exact) mass is 610 g/mol. The fraction of sp³-hybridized carbons (Fsp3) is 1.00. The molecular weight excluding hydrogens is 580 g/mol. The van der Waals surface area contributed by atoms with Crippen LogP contribution >= 0.6 is 0 Å². The number of rotatable bonds is 14. The predicted molar refractivity (Wildman–Crippen MR) is 114 cm³/mol. The number of halogens is 12. The third-order valence-electron chi connectivity index (χ3n) is 4.84. The van der Waals surface area contributed by atoms with Gasteiger partial charge >= 0.3 is 41.8 Å². The Kier molecular flexibility index (Phi) is 12.6. The van der Waals surface area contributed by atoms with E-state index >= 15 is 0 Å². The van der Waals surface area contributed by atoms with Crippen LogP contribution in [0.2, 0.25) is 50.4 Å². The van der Waals surface area contributed by atoms with E-state index in [9.17, 15) is 52.7 Å². The van der Waals surface area contributed by atoms with Crippen LogP contribution in [0.15, 0.2) is 0 Å². The van der Waals surface area contributed by atoms with E-state index < -0.39 is 110 Å². The van der Waals surface area contributed by atoms with Crippen molar-refractivity contribution < 1.29 is 65.0 Å². The normalized spacial score (nSPS) is 16.8. The van der Waals surface area contributed by atoms with Gasteiger partial charge in [-0.05, 0) is 43.8 Å². The SMILES string of the molecule is C[SiH2]O[Si](C)(C)O[Si](C)(CCC(F)(F)F)O[Si](CCC(F)(F)F)(CCC(F)(F)F)CCC(F)(F)F. The third kappa shape index (κ3) is 17.9. The van der Waals surface area contributed by atoms with Gasteiger partial charge in [0.2, 0.25) is 0 Å². The minimum Gasteiger partial charge on any atom is -0.442 e. The van der Waals surface area contributed by atoms with Crippen molar-refractivity contribution in [3.63, 3.8) is 0 Å². The zero-order valence-corrected chi connectivity index (χ0v) is 24.0. The predicted octanol–water partition coefficient (Wildman–Crippen LogP) is 7.70. The maximum Gasteiger partial charge on any atom is 0.389 e. The van der Waals surface area contributed by atoms with Gasteiger partial charge < -0.3 is 12.3 Å². The first-order valence-corrected chi connectivity index (χ1v) is 20.5. The molecule has 0 amide bonds. The highest BCUT2D eigenvalue weighted by Crippen LogP contribution is 2.42. The Morgan fingerprint density at radius 2 is 0.857 bits per heavy atom. The molecule has 212 valence electrons. The molecule has 0 spiro atoms. The Morgan fingerprint density at radius 1 is 0.543 bits per heavy atom. The van der Waals surface area contributed by atoms with E-state index in [1.54, 1.807) is 6.55 Å². The largest absolute Gasteiger partial charge is 0.442 e. The Morgan fingerprint density at radius 3 is 1.14 bits per heavy atom. The van der Waals surface area contributed by atoms with Crippen molar-refractivity contribution in [2.24, 2.45) is 0 Å². The van der Waals surface area contributed by atoms with Gasteiger partial charge in [-0.3, -0.25) is 0 Å². The second-order valence-electron chi connectivity index (χ2n) is 8.81. The molecule has 0 aromatic rings. The molecular formula is C16H30F12O3Si4. The minimum atomic E-state index is -4.92. The lowest BCUT2D eigenvalue weighted by Gasteiger charge is -2.43. The van der Waals surface area contributed by atoms with Crippen LogP contribution in [0.25, 0.3) is 0 Å². The summed E-state index contributed by atoms with van der Waals surface area (Å²) in [6, 6.07) is -4.38. The van der Waals surface area contributed by atoms with Gasteiger partial charge in [0.05, 0.1) is 0 Å². The molecule has 0 aliphatic heterocycles. The quantitative estimate of drug-likeness (QED) is 0.149. The molecule has 0 N–H and O–H groups in total. The van der Waals surface area contributed by atoms with Gasteiger partial charge in [-0.15, -0.1) is 0 Å². The summed E-state index contributed by atoms with van der Waals surface area (Å²) in [6.07, 6.45) is -26.2. The molecule has 0 aromatic heterocycles. The molecule has 0 aliphatic carbocycles. The highest BCUT2D eigenvalue weighted by atomic mass is 28.5. The number of hydrogen-bond donors (Lipinski definition) is 0. The zero-order chi connectivity index (χ0) is 28.0. The summed E-state index contributed by atoms with van der Waals surface area (Å²) in [4.78, 5) is 0. The standard InChI is InChI=1S/C16H30F12O3Si4/c1-32-29-33(2,3)30-34(4,9-5-13(17,18)19)31-35(10-6-14(20,21)22,11-7-15(23,24)25)12-8-16(26,27)28/h5-12,32H2,1-4H3. The zero-order valence-electron chi connectivity index (χ0n) is 19.6. The van der Waals surface area contributed by atoms with E-state index in [2.05, 4.69) is 0 Å². The van der Waals surface area contributed by atoms with Crippen molar-refractivity contribution in [3.05, 3.63) is 0 Å². The molecule has 0 bridgehead atoms. The van der Waals surface area contributed by atoms with Gasteiger partial charge in [0.1, 0.15) is 9.76 Å². The van der Waals surface area contributed by atoms with Crippen molar-refractivity contribution >= 4 is 35.2 Å². The summed E-state index contributed by atoms with van der Waals surface area (Å²) in [5.41, 5.74) is 0. The summed E-state index contributed by atoms with van der Waals surface area (Å²) in [6.45, 7) is 5.57. The van der Waals surface area contributed by atoms with Crippen LogP contribution < -0.4 is 0 Å². The van der Waals surface area contributed by atoms with Crippen LogP contribution in [0.5, 0.6) is 0 Å². The minimum absolute atomic E-state index is 0.902. The molecule has 0 aliphatic rings. The van der Waals surface area contributed by atoms with Gasteiger partial charge in [0.25, 0.3) is 0 Å². The van der Waals surface area contributed by atoms with Gasteiger partial charge in [-0.2, -0.15) is 52.7 Å². The van der Waals surface area contributed by atoms with Crippen molar-refractivity contribution in [2.45, 2.75) is 101 Å². The van der Waals surface area contributed by atoms with E-state index in [0.717, 1.165) is 6.55 Å². The lowest BCUT2D eigenvalue weighted by atomic mass is 10.5. The molecule has 0 rings (SSSR count). The first-order valence-electron chi connectivity index (χ1n) is 10.6. The number of alkyl halides is 12. The molecule has 19 heteroatoms. The van der Waals surface area contributed by atoms with Crippen molar-refractivity contribution in [2.75, 3.05) is 0 Å². The highest BCUT2D eigenvalue weighted by Gasteiger charge is 2.52. The van der Waals surface area contributed by atoms with Crippen molar-refractivity contribution in [1.82, 2.24) is 0 Å². The first-order chi connectivity index (χ1) is 15.3. The topological polar surface area (TPSA) is 27.7 Å². The Hall–Kier alpha value is -0.0925. The Labute approximate surface area is 201 Å². The summed E-state index contributed by atoms with van der Waals surface area (Å²) in [5.74, 6) is 0. The third-order valence-corrected chi connectivity index (χ3v) is 20.6. The van der Waals surface area contributed by atoms with E-state index in [4.69, 9.17) is 12.3 Å². The van der Waals surface area contributed by atoms with Crippen LogP contribution in [0.1, 0.15) is 25.7 Å². The average molecular weight is 611 g/mol. The molecule has 35 heavy (non-hydrogen) atoms. The van der Waals surface area contributed by atoms with Gasteiger partial charge in [0, 0.05) is 25.7 Å². The van der Waals surface area contributed by atoms with E-state index in [0.29, 0.717) is 0 Å². The van der Waals surface area contributed by atoms with Gasteiger partial charge in [-0.25, -0.2) is 0 Å². The molecule has 3 nitrogen and oxygen atoms in total. The summed E-state index contributed by atoms with van der Waals surface area (Å²) < 4.78 is 173. The van der Waals surface area contributed by atoms with Crippen molar-refractivity contribution in [3.8, 4) is 0 Å². The van der Waals surface area contributed by atoms with E-state index in [1.807, 2.05) is 0 Å². The molecule has 0 saturated carbocycles. The van der Waals surface area contributed by atoms with Crippen LogP contribution in [0.3, 0.4) is 0 Å². The fourth-order valence-electron chi connectivity index (χ4n) is 3.48. The second kappa shape index (κ2) is 12.6. The smallest absolute Gasteiger partial charge is 0.389 e. The maximum absolute atomic E-state index is 13.0. The Balaban J connectivity index is 6.44. The lowest BCUT2D eigenvalue weighted by Crippen LogP contribution is -2.58. The molecule has 0 fully saturated rings. The molecule has 1 unspecified atom stereocenters. The van der Waals surface area contributed by atoms with Gasteiger partial charge in [-0.1, -0.05) is 6.55 Å². The lowest BCUT2D eigenvalue weighted by molar-refractivity contribution is -0.133.